The van der Waals surface area contributed by atoms with Crippen molar-refractivity contribution in [3.8, 4) is 5.82 Å². The zero-order valence-corrected chi connectivity index (χ0v) is 12.5. The summed E-state index contributed by atoms with van der Waals surface area (Å²) >= 11 is 0. The van der Waals surface area contributed by atoms with E-state index in [-0.39, 0.29) is 12.0 Å². The average Bonchev–Trinajstić information content (AvgIpc) is 3.15. The number of nitrogens with one attached hydrogen (secondary N) is 1. The van der Waals surface area contributed by atoms with E-state index in [1.807, 2.05) is 19.9 Å². The lowest BCUT2D eigenvalue weighted by Gasteiger charge is -2.15. The Hall–Kier alpha value is -1.95. The summed E-state index contributed by atoms with van der Waals surface area (Å²) in [6.07, 6.45) is 6.64. The van der Waals surface area contributed by atoms with Crippen molar-refractivity contribution in [3.05, 3.63) is 29.8 Å². The number of aryl methyl sites for hydroxylation is 2. The quantitative estimate of drug-likeness (QED) is 0.848. The summed E-state index contributed by atoms with van der Waals surface area (Å²) in [6, 6.07) is 2.02. The molecule has 1 saturated carbocycles. The Morgan fingerprint density at radius 3 is 2.76 bits per heavy atom. The van der Waals surface area contributed by atoms with Crippen molar-refractivity contribution >= 4 is 5.82 Å². The van der Waals surface area contributed by atoms with Gasteiger partial charge in [0.2, 0.25) is 0 Å². The molecule has 6 nitrogen and oxygen atoms in total. The van der Waals surface area contributed by atoms with Gasteiger partial charge in [-0.05, 0) is 44.6 Å². The van der Waals surface area contributed by atoms with Crippen molar-refractivity contribution in [2.45, 2.75) is 33.1 Å². The highest BCUT2D eigenvalue weighted by Gasteiger charge is 2.41. The van der Waals surface area contributed by atoms with Gasteiger partial charge in [-0.3, -0.25) is 4.98 Å². The van der Waals surface area contributed by atoms with Crippen LogP contribution in [0.15, 0.2) is 18.5 Å². The van der Waals surface area contributed by atoms with Crippen molar-refractivity contribution in [1.82, 2.24) is 19.7 Å². The standard InChI is InChI=1S/C15H21N5O/c1-11-7-12(2)20(19-11)14-9-16-8-13(18-14)17-10-15(3-4-15)5-6-21/h7-9,21H,3-6,10H2,1-2H3,(H,17,18). The van der Waals surface area contributed by atoms with Crippen molar-refractivity contribution in [1.29, 1.82) is 0 Å². The van der Waals surface area contributed by atoms with Crippen LogP contribution >= 0.6 is 0 Å². The van der Waals surface area contributed by atoms with Gasteiger partial charge in [-0.25, -0.2) is 9.67 Å². The molecular weight excluding hydrogens is 266 g/mol. The van der Waals surface area contributed by atoms with Gasteiger partial charge in [-0.15, -0.1) is 0 Å². The number of aliphatic hydroxyl groups is 1. The van der Waals surface area contributed by atoms with Gasteiger partial charge in [-0.2, -0.15) is 5.10 Å². The smallest absolute Gasteiger partial charge is 0.174 e. The fraction of sp³-hybridized carbons (Fsp3) is 0.533. The van der Waals surface area contributed by atoms with Gasteiger partial charge < -0.3 is 10.4 Å². The van der Waals surface area contributed by atoms with Gasteiger partial charge in [0.05, 0.1) is 18.1 Å². The predicted octanol–water partition coefficient (Wildman–Crippen LogP) is 1.85. The van der Waals surface area contributed by atoms with Crippen LogP contribution in [0, 0.1) is 19.3 Å². The van der Waals surface area contributed by atoms with E-state index in [4.69, 9.17) is 5.11 Å². The van der Waals surface area contributed by atoms with E-state index in [2.05, 4.69) is 20.4 Å². The first-order valence-electron chi connectivity index (χ1n) is 7.32. The van der Waals surface area contributed by atoms with Crippen molar-refractivity contribution in [2.24, 2.45) is 5.41 Å². The van der Waals surface area contributed by atoms with Crippen LogP contribution in [0.4, 0.5) is 5.82 Å². The Kier molecular flexibility index (Phi) is 3.63. The highest BCUT2D eigenvalue weighted by Crippen LogP contribution is 2.48. The summed E-state index contributed by atoms with van der Waals surface area (Å²) in [5, 5.41) is 16.9. The fourth-order valence-electron chi connectivity index (χ4n) is 2.61. The van der Waals surface area contributed by atoms with Crippen LogP contribution in [0.1, 0.15) is 30.7 Å². The Morgan fingerprint density at radius 2 is 2.14 bits per heavy atom. The molecule has 0 aromatic carbocycles. The molecule has 0 unspecified atom stereocenters. The van der Waals surface area contributed by atoms with Crippen LogP contribution in [0.25, 0.3) is 5.82 Å². The number of aromatic nitrogens is 4. The molecule has 0 radical (unpaired) electrons. The minimum atomic E-state index is 0.249. The van der Waals surface area contributed by atoms with Crippen molar-refractivity contribution in [3.63, 3.8) is 0 Å². The predicted molar refractivity (Wildman–Crippen MR) is 80.5 cm³/mol. The number of anilines is 1. The van der Waals surface area contributed by atoms with E-state index in [0.717, 1.165) is 36.0 Å². The zero-order chi connectivity index (χ0) is 14.9. The van der Waals surface area contributed by atoms with Gasteiger partial charge in [-0.1, -0.05) is 0 Å². The molecule has 0 spiro atoms. The molecular formula is C15H21N5O. The Bertz CT molecular complexity index is 633. The molecule has 21 heavy (non-hydrogen) atoms. The summed E-state index contributed by atoms with van der Waals surface area (Å²) in [5.74, 6) is 1.47. The topological polar surface area (TPSA) is 75.9 Å². The minimum absolute atomic E-state index is 0.249. The third kappa shape index (κ3) is 3.05. The summed E-state index contributed by atoms with van der Waals surface area (Å²) in [6.45, 7) is 5.05. The lowest BCUT2D eigenvalue weighted by molar-refractivity contribution is 0.253. The summed E-state index contributed by atoms with van der Waals surface area (Å²) < 4.78 is 1.80. The maximum atomic E-state index is 9.10. The molecule has 3 rings (SSSR count). The van der Waals surface area contributed by atoms with E-state index in [1.165, 1.54) is 12.8 Å². The normalized spacial score (nSPS) is 16.0. The molecule has 1 fully saturated rings. The largest absolute Gasteiger partial charge is 0.396 e. The van der Waals surface area contributed by atoms with Crippen molar-refractivity contribution in [2.75, 3.05) is 18.5 Å². The lowest BCUT2D eigenvalue weighted by atomic mass is 10.0. The summed E-state index contributed by atoms with van der Waals surface area (Å²) in [5.41, 5.74) is 2.26. The second-order valence-electron chi connectivity index (χ2n) is 5.93. The molecule has 2 N–H and O–H groups in total. The average molecular weight is 287 g/mol. The third-order valence-electron chi connectivity index (χ3n) is 4.09. The van der Waals surface area contributed by atoms with Crippen LogP contribution in [0.5, 0.6) is 0 Å². The maximum Gasteiger partial charge on any atom is 0.174 e. The second kappa shape index (κ2) is 5.44. The Balaban J connectivity index is 1.73. The molecule has 0 aliphatic heterocycles. The number of hydrogen-bond acceptors (Lipinski definition) is 5. The molecule has 6 heteroatoms. The monoisotopic (exact) mass is 287 g/mol. The Morgan fingerprint density at radius 1 is 1.33 bits per heavy atom. The molecule has 112 valence electrons. The van der Waals surface area contributed by atoms with Crippen LogP contribution in [0.3, 0.4) is 0 Å². The van der Waals surface area contributed by atoms with Gasteiger partial charge in [0.15, 0.2) is 5.82 Å². The zero-order valence-electron chi connectivity index (χ0n) is 12.5. The van der Waals surface area contributed by atoms with Crippen LogP contribution in [-0.2, 0) is 0 Å². The van der Waals surface area contributed by atoms with Crippen LogP contribution in [0.2, 0.25) is 0 Å². The molecule has 2 aromatic rings. The molecule has 0 amide bonds. The first kappa shape index (κ1) is 14.0. The lowest BCUT2D eigenvalue weighted by Crippen LogP contribution is -2.18. The summed E-state index contributed by atoms with van der Waals surface area (Å²) in [7, 11) is 0. The van der Waals surface area contributed by atoms with Gasteiger partial charge in [0.1, 0.15) is 5.82 Å². The van der Waals surface area contributed by atoms with Gasteiger partial charge >= 0.3 is 0 Å². The number of nitrogens with zero attached hydrogens (tertiary/aromatic N) is 4. The van der Waals surface area contributed by atoms with Crippen LogP contribution < -0.4 is 5.32 Å². The molecule has 0 saturated heterocycles. The number of rotatable bonds is 6. The third-order valence-corrected chi connectivity index (χ3v) is 4.09. The van der Waals surface area contributed by atoms with Gasteiger partial charge in [0, 0.05) is 18.8 Å². The molecule has 2 heterocycles. The van der Waals surface area contributed by atoms with E-state index < -0.39 is 0 Å². The first-order chi connectivity index (χ1) is 10.1. The van der Waals surface area contributed by atoms with Gasteiger partial charge in [0.25, 0.3) is 0 Å². The van der Waals surface area contributed by atoms with E-state index in [0.29, 0.717) is 0 Å². The second-order valence-corrected chi connectivity index (χ2v) is 5.93. The van der Waals surface area contributed by atoms with Crippen LogP contribution in [-0.4, -0.2) is 38.0 Å². The summed E-state index contributed by atoms with van der Waals surface area (Å²) in [4.78, 5) is 8.82. The Labute approximate surface area is 124 Å². The maximum absolute atomic E-state index is 9.10. The SMILES string of the molecule is Cc1cc(C)n(-c2cncc(NCC3(CCO)CC3)n2)n1. The van der Waals surface area contributed by atoms with E-state index in [1.54, 1.807) is 17.1 Å². The van der Waals surface area contributed by atoms with E-state index >= 15 is 0 Å². The fourth-order valence-corrected chi connectivity index (χ4v) is 2.61. The number of hydrogen-bond donors (Lipinski definition) is 2. The molecule has 1 aliphatic rings. The molecule has 1 aliphatic carbocycles. The number of aliphatic hydroxyl groups excluding tert-OH is 1. The minimum Gasteiger partial charge on any atom is -0.396 e. The van der Waals surface area contributed by atoms with E-state index in [9.17, 15) is 0 Å². The molecule has 0 bridgehead atoms. The highest BCUT2D eigenvalue weighted by atomic mass is 16.3. The molecule has 0 atom stereocenters. The molecule has 2 aromatic heterocycles. The highest BCUT2D eigenvalue weighted by molar-refractivity contribution is 5.37. The van der Waals surface area contributed by atoms with Crippen molar-refractivity contribution < 1.29 is 5.11 Å². The first-order valence-corrected chi connectivity index (χ1v) is 7.32.